The standard InChI is InChI=1S/C19H19N5O4/c1-12-4-6-13(7-5-12)22-18-17(24(25)26)19(21-11-20-18)23-15-9-8-14(27-2)10-16(15)28-3/h4-11H,1-3H3,(H2,20,21,22,23). The maximum Gasteiger partial charge on any atom is 0.353 e. The molecule has 0 spiro atoms. The van der Waals surface area contributed by atoms with Gasteiger partial charge in [-0.3, -0.25) is 10.1 Å². The predicted octanol–water partition coefficient (Wildman–Crippen LogP) is 4.20. The second-order valence-corrected chi connectivity index (χ2v) is 5.86. The van der Waals surface area contributed by atoms with Crippen molar-refractivity contribution in [2.45, 2.75) is 6.92 Å². The van der Waals surface area contributed by atoms with E-state index in [-0.39, 0.29) is 17.3 Å². The molecule has 1 aromatic heterocycles. The van der Waals surface area contributed by atoms with Crippen LogP contribution in [-0.2, 0) is 0 Å². The van der Waals surface area contributed by atoms with Gasteiger partial charge in [0.25, 0.3) is 0 Å². The molecule has 3 rings (SSSR count). The van der Waals surface area contributed by atoms with Crippen molar-refractivity contribution in [1.82, 2.24) is 9.97 Å². The number of nitro groups is 1. The molecule has 0 radical (unpaired) electrons. The molecule has 0 aliphatic rings. The van der Waals surface area contributed by atoms with Gasteiger partial charge in [-0.05, 0) is 31.2 Å². The first-order valence-corrected chi connectivity index (χ1v) is 8.34. The number of hydrogen-bond acceptors (Lipinski definition) is 8. The van der Waals surface area contributed by atoms with Crippen molar-refractivity contribution in [1.29, 1.82) is 0 Å². The van der Waals surface area contributed by atoms with E-state index in [0.717, 1.165) is 5.56 Å². The van der Waals surface area contributed by atoms with Crippen LogP contribution in [0, 0.1) is 17.0 Å². The highest BCUT2D eigenvalue weighted by atomic mass is 16.6. The zero-order chi connectivity index (χ0) is 20.1. The van der Waals surface area contributed by atoms with Gasteiger partial charge in [0.1, 0.15) is 17.8 Å². The maximum absolute atomic E-state index is 11.7. The molecule has 28 heavy (non-hydrogen) atoms. The number of rotatable bonds is 7. The summed E-state index contributed by atoms with van der Waals surface area (Å²) < 4.78 is 10.5. The average Bonchev–Trinajstić information content (AvgIpc) is 2.70. The maximum atomic E-state index is 11.7. The lowest BCUT2D eigenvalue weighted by atomic mass is 10.2. The van der Waals surface area contributed by atoms with E-state index in [1.807, 2.05) is 31.2 Å². The topological polar surface area (TPSA) is 111 Å². The van der Waals surface area contributed by atoms with Gasteiger partial charge < -0.3 is 20.1 Å². The lowest BCUT2D eigenvalue weighted by Crippen LogP contribution is -2.06. The third-order valence-corrected chi connectivity index (χ3v) is 3.98. The quantitative estimate of drug-likeness (QED) is 0.463. The molecule has 0 amide bonds. The van der Waals surface area contributed by atoms with Crippen LogP contribution in [-0.4, -0.2) is 29.1 Å². The molecule has 2 aromatic carbocycles. The number of methoxy groups -OCH3 is 2. The average molecular weight is 381 g/mol. The summed E-state index contributed by atoms with van der Waals surface area (Å²) in [4.78, 5) is 19.3. The molecule has 3 aromatic rings. The van der Waals surface area contributed by atoms with E-state index in [1.165, 1.54) is 13.4 Å². The fourth-order valence-corrected chi connectivity index (χ4v) is 2.54. The number of nitrogens with zero attached hydrogens (tertiary/aromatic N) is 3. The highest BCUT2D eigenvalue weighted by Gasteiger charge is 2.24. The van der Waals surface area contributed by atoms with Crippen molar-refractivity contribution in [2.75, 3.05) is 24.9 Å². The number of aryl methyl sites for hydroxylation is 1. The van der Waals surface area contributed by atoms with Crippen molar-refractivity contribution in [2.24, 2.45) is 0 Å². The van der Waals surface area contributed by atoms with Crippen LogP contribution in [0.15, 0.2) is 48.8 Å². The first-order valence-electron chi connectivity index (χ1n) is 8.34. The second-order valence-electron chi connectivity index (χ2n) is 5.86. The second kappa shape index (κ2) is 8.21. The number of nitrogens with one attached hydrogen (secondary N) is 2. The van der Waals surface area contributed by atoms with Gasteiger partial charge in [-0.25, -0.2) is 9.97 Å². The van der Waals surface area contributed by atoms with Gasteiger partial charge in [0.2, 0.25) is 11.6 Å². The third-order valence-electron chi connectivity index (χ3n) is 3.98. The normalized spacial score (nSPS) is 10.2. The van der Waals surface area contributed by atoms with Crippen LogP contribution < -0.4 is 20.1 Å². The van der Waals surface area contributed by atoms with Crippen LogP contribution >= 0.6 is 0 Å². The Bertz CT molecular complexity index is 992. The predicted molar refractivity (Wildman–Crippen MR) is 106 cm³/mol. The lowest BCUT2D eigenvalue weighted by molar-refractivity contribution is -0.383. The Morgan fingerprint density at radius 3 is 2.25 bits per heavy atom. The molecule has 144 valence electrons. The Morgan fingerprint density at radius 1 is 0.964 bits per heavy atom. The summed E-state index contributed by atoms with van der Waals surface area (Å²) in [5.41, 5.74) is 1.99. The molecule has 0 aliphatic carbocycles. The summed E-state index contributed by atoms with van der Waals surface area (Å²) in [7, 11) is 3.04. The third kappa shape index (κ3) is 4.09. The van der Waals surface area contributed by atoms with Crippen molar-refractivity contribution in [3.05, 3.63) is 64.5 Å². The molecule has 9 heteroatoms. The lowest BCUT2D eigenvalue weighted by Gasteiger charge is -2.13. The molecule has 0 saturated heterocycles. The van der Waals surface area contributed by atoms with Crippen molar-refractivity contribution >= 4 is 28.7 Å². The van der Waals surface area contributed by atoms with E-state index in [0.29, 0.717) is 22.9 Å². The summed E-state index contributed by atoms with van der Waals surface area (Å²) in [6, 6.07) is 12.5. The van der Waals surface area contributed by atoms with Gasteiger partial charge in [-0.15, -0.1) is 0 Å². The number of benzene rings is 2. The SMILES string of the molecule is COc1ccc(Nc2ncnc(Nc3ccc(C)cc3)c2[N+](=O)[O-])c(OC)c1. The van der Waals surface area contributed by atoms with E-state index in [2.05, 4.69) is 20.6 Å². The molecule has 0 unspecified atom stereocenters. The van der Waals surface area contributed by atoms with Crippen molar-refractivity contribution in [3.8, 4) is 11.5 Å². The zero-order valence-corrected chi connectivity index (χ0v) is 15.6. The van der Waals surface area contributed by atoms with Crippen LogP contribution in [0.25, 0.3) is 0 Å². The Balaban J connectivity index is 1.98. The monoisotopic (exact) mass is 381 g/mol. The van der Waals surface area contributed by atoms with Crippen LogP contribution in [0.3, 0.4) is 0 Å². The number of ether oxygens (including phenoxy) is 2. The smallest absolute Gasteiger partial charge is 0.353 e. The summed E-state index contributed by atoms with van der Waals surface area (Å²) >= 11 is 0. The van der Waals surface area contributed by atoms with Gasteiger partial charge in [0.05, 0.1) is 24.8 Å². The van der Waals surface area contributed by atoms with Crippen molar-refractivity contribution in [3.63, 3.8) is 0 Å². The number of hydrogen-bond donors (Lipinski definition) is 2. The zero-order valence-electron chi connectivity index (χ0n) is 15.6. The first-order chi connectivity index (χ1) is 13.5. The summed E-state index contributed by atoms with van der Waals surface area (Å²) in [6.07, 6.45) is 1.25. The van der Waals surface area contributed by atoms with Crippen LogP contribution in [0.2, 0.25) is 0 Å². The molecular weight excluding hydrogens is 362 g/mol. The van der Waals surface area contributed by atoms with E-state index < -0.39 is 4.92 Å². The van der Waals surface area contributed by atoms with E-state index in [4.69, 9.17) is 9.47 Å². The Hall–Kier alpha value is -3.88. The summed E-state index contributed by atoms with van der Waals surface area (Å²) in [6.45, 7) is 1.96. The largest absolute Gasteiger partial charge is 0.497 e. The van der Waals surface area contributed by atoms with E-state index in [9.17, 15) is 10.1 Å². The number of aromatic nitrogens is 2. The summed E-state index contributed by atoms with van der Waals surface area (Å²) in [5, 5.41) is 17.6. The minimum atomic E-state index is -0.533. The molecule has 0 fully saturated rings. The molecule has 0 saturated carbocycles. The van der Waals surface area contributed by atoms with Gasteiger partial charge in [0, 0.05) is 11.8 Å². The molecular formula is C19H19N5O4. The molecule has 0 aliphatic heterocycles. The highest BCUT2D eigenvalue weighted by Crippen LogP contribution is 2.36. The molecule has 9 nitrogen and oxygen atoms in total. The van der Waals surface area contributed by atoms with Gasteiger partial charge in [0.15, 0.2) is 0 Å². The Labute approximate surface area is 161 Å². The molecule has 0 atom stereocenters. The molecule has 2 N–H and O–H groups in total. The van der Waals surface area contributed by atoms with Crippen LogP contribution in [0.1, 0.15) is 5.56 Å². The molecule has 0 bridgehead atoms. The fraction of sp³-hybridized carbons (Fsp3) is 0.158. The van der Waals surface area contributed by atoms with E-state index >= 15 is 0 Å². The minimum Gasteiger partial charge on any atom is -0.497 e. The van der Waals surface area contributed by atoms with Crippen LogP contribution in [0.5, 0.6) is 11.5 Å². The first kappa shape index (κ1) is 18.9. The summed E-state index contributed by atoms with van der Waals surface area (Å²) in [5.74, 6) is 1.18. The highest BCUT2D eigenvalue weighted by molar-refractivity contribution is 5.78. The van der Waals surface area contributed by atoms with E-state index in [1.54, 1.807) is 25.3 Å². The van der Waals surface area contributed by atoms with Crippen molar-refractivity contribution < 1.29 is 14.4 Å². The molecule has 1 heterocycles. The number of anilines is 4. The minimum absolute atomic E-state index is 0.0399. The van der Waals surface area contributed by atoms with Crippen LogP contribution in [0.4, 0.5) is 28.7 Å². The van der Waals surface area contributed by atoms with Gasteiger partial charge in [-0.1, -0.05) is 17.7 Å². The fourth-order valence-electron chi connectivity index (χ4n) is 2.54. The van der Waals surface area contributed by atoms with Gasteiger partial charge in [-0.2, -0.15) is 0 Å². The Kier molecular flexibility index (Phi) is 5.54. The Morgan fingerprint density at radius 2 is 1.64 bits per heavy atom. The van der Waals surface area contributed by atoms with Gasteiger partial charge >= 0.3 is 5.69 Å².